The summed E-state index contributed by atoms with van der Waals surface area (Å²) in [5.41, 5.74) is 1.38. The highest BCUT2D eigenvalue weighted by molar-refractivity contribution is 6.93. The summed E-state index contributed by atoms with van der Waals surface area (Å²) in [5, 5.41) is 2.63. The first kappa shape index (κ1) is 9.32. The predicted molar refractivity (Wildman–Crippen MR) is 59.3 cm³/mol. The minimum absolute atomic E-state index is 0.378. The van der Waals surface area contributed by atoms with Gasteiger partial charge in [0.2, 0.25) is 0 Å². The van der Waals surface area contributed by atoms with Crippen LogP contribution in [0.3, 0.4) is 0 Å². The molecule has 0 saturated heterocycles. The highest BCUT2D eigenvalue weighted by Gasteiger charge is 1.96. The molecular formula is C11H9ClMg. The van der Waals surface area contributed by atoms with E-state index in [1.54, 1.807) is 0 Å². The van der Waals surface area contributed by atoms with Gasteiger partial charge in [-0.15, -0.1) is 0 Å². The van der Waals surface area contributed by atoms with E-state index in [0.29, 0.717) is 0 Å². The molecule has 0 radical (unpaired) electrons. The Balaban J connectivity index is 2.49. The highest BCUT2D eigenvalue weighted by atomic mass is 35.5. The normalized spacial score (nSPS) is 9.92. The summed E-state index contributed by atoms with van der Waals surface area (Å²) in [4.78, 5) is 0. The van der Waals surface area contributed by atoms with Gasteiger partial charge in [-0.05, 0) is 10.8 Å². The van der Waals surface area contributed by atoms with E-state index in [2.05, 4.69) is 42.5 Å². The second-order valence-electron chi connectivity index (χ2n) is 3.12. The molecule has 62 valence electrons. The van der Waals surface area contributed by atoms with E-state index >= 15 is 0 Å². The topological polar surface area (TPSA) is 0 Å². The van der Waals surface area contributed by atoms with Crippen LogP contribution in [0.15, 0.2) is 42.5 Å². The van der Waals surface area contributed by atoms with Crippen molar-refractivity contribution >= 4 is 39.1 Å². The van der Waals surface area contributed by atoms with Crippen molar-refractivity contribution < 1.29 is 0 Å². The van der Waals surface area contributed by atoms with Crippen LogP contribution in [-0.4, -0.2) is 19.3 Å². The zero-order valence-electron chi connectivity index (χ0n) is 7.33. The summed E-state index contributed by atoms with van der Waals surface area (Å²) in [6.45, 7) is 0. The quantitative estimate of drug-likeness (QED) is 0.654. The number of fused-ring (bicyclic) bond motifs is 1. The van der Waals surface area contributed by atoms with Crippen molar-refractivity contribution in [2.24, 2.45) is 0 Å². The largest absolute Gasteiger partial charge is 0.505 e. The molecular weight excluding hydrogens is 192 g/mol. The lowest BCUT2D eigenvalue weighted by Gasteiger charge is -2.00. The summed E-state index contributed by atoms with van der Waals surface area (Å²) >= 11 is -0.378. The monoisotopic (exact) mass is 200 g/mol. The summed E-state index contributed by atoms with van der Waals surface area (Å²) < 4.78 is 1.09. The van der Waals surface area contributed by atoms with E-state index in [0.717, 1.165) is 4.55 Å². The van der Waals surface area contributed by atoms with Gasteiger partial charge in [0.15, 0.2) is 0 Å². The van der Waals surface area contributed by atoms with E-state index in [-0.39, 0.29) is 19.3 Å². The Morgan fingerprint density at radius 3 is 2.54 bits per heavy atom. The second-order valence-corrected chi connectivity index (χ2v) is 5.13. The van der Waals surface area contributed by atoms with Crippen LogP contribution in [0.2, 0.25) is 0 Å². The third-order valence-electron chi connectivity index (χ3n) is 2.20. The maximum absolute atomic E-state index is 5.83. The zero-order chi connectivity index (χ0) is 9.10. The minimum Gasteiger partial charge on any atom is -0.345 e. The predicted octanol–water partition coefficient (Wildman–Crippen LogP) is 3.20. The molecule has 0 nitrogen and oxygen atoms in total. The Kier molecular flexibility index (Phi) is 3.09. The molecule has 0 aliphatic carbocycles. The first-order chi connectivity index (χ1) is 6.40. The Morgan fingerprint density at radius 1 is 1.00 bits per heavy atom. The third kappa shape index (κ3) is 2.16. The Hall–Kier alpha value is -0.244. The fraction of sp³-hybridized carbons (Fsp3) is 0.0909. The van der Waals surface area contributed by atoms with Crippen LogP contribution in [0.25, 0.3) is 10.8 Å². The van der Waals surface area contributed by atoms with Crippen LogP contribution in [0.5, 0.6) is 0 Å². The van der Waals surface area contributed by atoms with Gasteiger partial charge in [-0.2, -0.15) is 0 Å². The molecule has 0 fully saturated rings. The molecule has 0 unspecified atom stereocenters. The van der Waals surface area contributed by atoms with Crippen LogP contribution >= 0.6 is 9.07 Å². The lowest BCUT2D eigenvalue weighted by atomic mass is 10.1. The van der Waals surface area contributed by atoms with E-state index in [9.17, 15) is 0 Å². The van der Waals surface area contributed by atoms with E-state index in [1.807, 2.05) is 0 Å². The van der Waals surface area contributed by atoms with Gasteiger partial charge in [-0.3, -0.25) is 0 Å². The van der Waals surface area contributed by atoms with Crippen molar-refractivity contribution in [3.05, 3.63) is 48.0 Å². The van der Waals surface area contributed by atoms with Gasteiger partial charge in [0.05, 0.1) is 0 Å². The van der Waals surface area contributed by atoms with Gasteiger partial charge in [-0.25, -0.2) is 0 Å². The van der Waals surface area contributed by atoms with Crippen LogP contribution < -0.4 is 0 Å². The van der Waals surface area contributed by atoms with Crippen LogP contribution in [0.1, 0.15) is 5.56 Å². The minimum atomic E-state index is -0.378. The average Bonchev–Trinajstić information content (AvgIpc) is 2.18. The molecule has 0 aliphatic rings. The molecule has 0 N–H and O–H groups in total. The molecule has 0 aliphatic heterocycles. The maximum Gasteiger partial charge on any atom is 0.505 e. The molecule has 2 heteroatoms. The van der Waals surface area contributed by atoms with E-state index in [4.69, 9.17) is 9.07 Å². The van der Waals surface area contributed by atoms with Gasteiger partial charge in [0, 0.05) is 0 Å². The number of hydrogen-bond donors (Lipinski definition) is 0. The maximum atomic E-state index is 5.83. The molecule has 0 atom stereocenters. The number of rotatable bonds is 2. The number of benzene rings is 2. The average molecular weight is 201 g/mol. The molecule has 0 aromatic heterocycles. The summed E-state index contributed by atoms with van der Waals surface area (Å²) in [7, 11) is 5.83. The first-order valence-corrected chi connectivity index (χ1v) is 7.57. The fourth-order valence-electron chi connectivity index (χ4n) is 1.50. The third-order valence-corrected chi connectivity index (χ3v) is 3.53. The second kappa shape index (κ2) is 4.31. The molecule has 2 aromatic carbocycles. The first-order valence-electron chi connectivity index (χ1n) is 4.44. The SMILES string of the molecule is [Cl][Mg][CH2]c1ccc2ccccc2c1. The van der Waals surface area contributed by atoms with Crippen LogP contribution in [-0.2, 0) is 4.55 Å². The summed E-state index contributed by atoms with van der Waals surface area (Å²) in [5.74, 6) is 0. The molecule has 13 heavy (non-hydrogen) atoms. The van der Waals surface area contributed by atoms with Crippen LogP contribution in [0.4, 0.5) is 0 Å². The highest BCUT2D eigenvalue weighted by Crippen LogP contribution is 2.15. The molecule has 0 saturated carbocycles. The van der Waals surface area contributed by atoms with Crippen molar-refractivity contribution in [2.45, 2.75) is 4.55 Å². The molecule has 0 amide bonds. The Bertz CT molecular complexity index is 412. The lowest BCUT2D eigenvalue weighted by molar-refractivity contribution is 1.42. The van der Waals surface area contributed by atoms with Gasteiger partial charge >= 0.3 is 19.3 Å². The lowest BCUT2D eigenvalue weighted by Crippen LogP contribution is -1.88. The molecule has 0 bridgehead atoms. The van der Waals surface area contributed by atoms with E-state index < -0.39 is 0 Å². The standard InChI is InChI=1S/C11H9.ClH.Mg/c1-9-6-7-10-4-2-3-5-11(10)8-9;;/h2-8H,1H2;1H;/q;;+1/p-1. The van der Waals surface area contributed by atoms with Crippen molar-refractivity contribution in [1.29, 1.82) is 0 Å². The Morgan fingerprint density at radius 2 is 1.77 bits per heavy atom. The Labute approximate surface area is 91.4 Å². The molecule has 2 aromatic rings. The van der Waals surface area contributed by atoms with Crippen molar-refractivity contribution in [1.82, 2.24) is 0 Å². The van der Waals surface area contributed by atoms with Gasteiger partial charge in [0.25, 0.3) is 0 Å². The summed E-state index contributed by atoms with van der Waals surface area (Å²) in [6.07, 6.45) is 0. The molecule has 0 spiro atoms. The van der Waals surface area contributed by atoms with Gasteiger partial charge in [0.1, 0.15) is 0 Å². The molecule has 0 heterocycles. The van der Waals surface area contributed by atoms with Crippen molar-refractivity contribution in [3.8, 4) is 0 Å². The molecule has 2 rings (SSSR count). The van der Waals surface area contributed by atoms with Gasteiger partial charge in [-0.1, -0.05) is 52.6 Å². The van der Waals surface area contributed by atoms with Gasteiger partial charge < -0.3 is 9.07 Å². The van der Waals surface area contributed by atoms with Crippen molar-refractivity contribution in [2.75, 3.05) is 0 Å². The number of halogens is 1. The van der Waals surface area contributed by atoms with Crippen LogP contribution in [0, 0.1) is 0 Å². The van der Waals surface area contributed by atoms with Crippen molar-refractivity contribution in [3.63, 3.8) is 0 Å². The zero-order valence-corrected chi connectivity index (χ0v) is 9.50. The fourth-order valence-corrected chi connectivity index (χ4v) is 2.69. The number of hydrogen-bond acceptors (Lipinski definition) is 0. The van der Waals surface area contributed by atoms with E-state index in [1.165, 1.54) is 16.3 Å². The summed E-state index contributed by atoms with van der Waals surface area (Å²) in [6, 6.07) is 15.0. The smallest absolute Gasteiger partial charge is 0.345 e.